The number of pyridine rings is 1. The number of nitrogens with zero attached hydrogens (tertiary/aromatic N) is 5. The van der Waals surface area contributed by atoms with E-state index in [2.05, 4.69) is 19.9 Å². The van der Waals surface area contributed by atoms with Gasteiger partial charge in [-0.05, 0) is 30.3 Å². The maximum Gasteiger partial charge on any atom is 0.311 e. The van der Waals surface area contributed by atoms with E-state index in [0.29, 0.717) is 43.4 Å². The molecular weight excluding hydrogens is 446 g/mol. The molecule has 0 radical (unpaired) electrons. The number of nitrogens with one attached hydrogen (secondary N) is 2. The summed E-state index contributed by atoms with van der Waals surface area (Å²) in [7, 11) is 0. The molecule has 1 aromatic carbocycles. The van der Waals surface area contributed by atoms with Crippen molar-refractivity contribution in [2.75, 3.05) is 36.0 Å². The molecule has 2 N–H and O–H groups in total. The summed E-state index contributed by atoms with van der Waals surface area (Å²) in [6, 6.07) is 18.6. The predicted octanol–water partition coefficient (Wildman–Crippen LogP) is 3.65. The monoisotopic (exact) mass is 467 g/mol. The highest BCUT2D eigenvalue weighted by Gasteiger charge is 2.25. The van der Waals surface area contributed by atoms with Gasteiger partial charge in [0.05, 0.1) is 21.5 Å². The van der Waals surface area contributed by atoms with Crippen LogP contribution >= 0.6 is 0 Å². The minimum Gasteiger partial charge on any atom is -0.368 e. The van der Waals surface area contributed by atoms with Crippen LogP contribution in [0.2, 0.25) is 0 Å². The lowest BCUT2D eigenvalue weighted by atomic mass is 10.1. The summed E-state index contributed by atoms with van der Waals surface area (Å²) in [6.45, 7) is 2.63. The Hall–Kier alpha value is -4.73. The SMILES string of the molecule is O=c1[nH]c2cccccc-2c1-c1nc2cc(N3CCN(c4ncccc4[N+](=O)[O-])CC3)ccc2[nH]1. The van der Waals surface area contributed by atoms with E-state index in [-0.39, 0.29) is 11.2 Å². The number of hydrogen-bond donors (Lipinski definition) is 2. The van der Waals surface area contributed by atoms with Crippen LogP contribution < -0.4 is 15.4 Å². The van der Waals surface area contributed by atoms with Gasteiger partial charge in [0.25, 0.3) is 5.56 Å². The zero-order valence-electron chi connectivity index (χ0n) is 18.6. The van der Waals surface area contributed by atoms with Crippen LogP contribution in [0.25, 0.3) is 33.7 Å². The number of aromatic nitrogens is 4. The number of aromatic amines is 2. The van der Waals surface area contributed by atoms with Crippen molar-refractivity contribution in [1.82, 2.24) is 19.9 Å². The minimum atomic E-state index is -0.390. The summed E-state index contributed by atoms with van der Waals surface area (Å²) >= 11 is 0. The molecule has 3 aliphatic rings. The van der Waals surface area contributed by atoms with E-state index in [0.717, 1.165) is 28.0 Å². The van der Waals surface area contributed by atoms with Crippen LogP contribution in [0.4, 0.5) is 17.2 Å². The third kappa shape index (κ3) is 3.65. The van der Waals surface area contributed by atoms with Gasteiger partial charge >= 0.3 is 5.69 Å². The number of H-pyrrole nitrogens is 2. The summed E-state index contributed by atoms with van der Waals surface area (Å²) in [5, 5.41) is 11.4. The van der Waals surface area contributed by atoms with Crippen LogP contribution in [0.3, 0.4) is 0 Å². The lowest BCUT2D eigenvalue weighted by Gasteiger charge is -2.36. The number of rotatable bonds is 4. The molecule has 10 heteroatoms. The molecule has 1 fully saturated rings. The van der Waals surface area contributed by atoms with Gasteiger partial charge in [-0.25, -0.2) is 9.97 Å². The second-order valence-electron chi connectivity index (χ2n) is 8.43. The van der Waals surface area contributed by atoms with Gasteiger partial charge in [0.1, 0.15) is 5.82 Å². The molecule has 2 aliphatic heterocycles. The summed E-state index contributed by atoms with van der Waals surface area (Å²) < 4.78 is 0. The summed E-state index contributed by atoms with van der Waals surface area (Å²) in [6.07, 6.45) is 1.58. The van der Waals surface area contributed by atoms with Gasteiger partial charge in [-0.2, -0.15) is 0 Å². The minimum absolute atomic E-state index is 0.0232. The first-order valence-corrected chi connectivity index (χ1v) is 11.3. The van der Waals surface area contributed by atoms with Crippen molar-refractivity contribution < 1.29 is 4.92 Å². The molecule has 0 unspecified atom stereocenters. The second-order valence-corrected chi connectivity index (χ2v) is 8.43. The van der Waals surface area contributed by atoms with Crippen molar-refractivity contribution >= 4 is 28.2 Å². The molecule has 0 saturated carbocycles. The summed E-state index contributed by atoms with van der Waals surface area (Å²) in [5.41, 5.74) is 4.59. The number of piperazine rings is 1. The van der Waals surface area contributed by atoms with E-state index in [1.807, 2.05) is 53.4 Å². The molecule has 0 spiro atoms. The number of anilines is 2. The van der Waals surface area contributed by atoms with Crippen molar-refractivity contribution in [2.45, 2.75) is 0 Å². The molecule has 3 aromatic rings. The van der Waals surface area contributed by atoms with Gasteiger partial charge in [-0.1, -0.05) is 24.3 Å². The van der Waals surface area contributed by atoms with Gasteiger partial charge in [-0.3, -0.25) is 14.9 Å². The summed E-state index contributed by atoms with van der Waals surface area (Å²) in [4.78, 5) is 43.0. The van der Waals surface area contributed by atoms with E-state index in [1.54, 1.807) is 12.3 Å². The van der Waals surface area contributed by atoms with Gasteiger partial charge in [-0.15, -0.1) is 0 Å². The van der Waals surface area contributed by atoms with Gasteiger partial charge in [0.15, 0.2) is 0 Å². The van der Waals surface area contributed by atoms with Gasteiger partial charge in [0, 0.05) is 55.4 Å². The smallest absolute Gasteiger partial charge is 0.311 e. The Bertz CT molecular complexity index is 1580. The molecule has 0 amide bonds. The number of nitro groups is 1. The standard InChI is InChI=1S/C25H21N7O3/c33-25-22(17-5-2-1-3-6-18(17)29-25)23-27-19-9-8-16(15-20(19)28-23)30-11-13-31(14-12-30)24-21(32(34)35)7-4-10-26-24/h1-10,15H,11-14H2,(H,27,28)(H,29,33). The number of benzene rings is 1. The number of hydrogen-bond acceptors (Lipinski definition) is 7. The molecule has 174 valence electrons. The highest BCUT2D eigenvalue weighted by atomic mass is 16.6. The number of imidazole rings is 1. The van der Waals surface area contributed by atoms with Crippen molar-refractivity contribution in [2.24, 2.45) is 0 Å². The van der Waals surface area contributed by atoms with E-state index < -0.39 is 4.92 Å². The highest BCUT2D eigenvalue weighted by molar-refractivity contribution is 5.87. The van der Waals surface area contributed by atoms with Gasteiger partial charge < -0.3 is 19.8 Å². The van der Waals surface area contributed by atoms with Crippen LogP contribution in [0, 0.1) is 10.1 Å². The molecule has 1 saturated heterocycles. The molecule has 0 atom stereocenters. The van der Waals surface area contributed by atoms with Crippen LogP contribution in [-0.2, 0) is 0 Å². The molecule has 35 heavy (non-hydrogen) atoms. The first kappa shape index (κ1) is 20.8. The zero-order valence-corrected chi connectivity index (χ0v) is 18.6. The van der Waals surface area contributed by atoms with Crippen molar-refractivity contribution in [3.05, 3.63) is 87.3 Å². The average molecular weight is 467 g/mol. The second kappa shape index (κ2) is 8.24. The van der Waals surface area contributed by atoms with Gasteiger partial charge in [0.2, 0.25) is 5.82 Å². The van der Waals surface area contributed by atoms with E-state index in [4.69, 9.17) is 4.98 Å². The highest BCUT2D eigenvalue weighted by Crippen LogP contribution is 2.31. The topological polar surface area (TPSA) is 124 Å². The van der Waals surface area contributed by atoms with Crippen molar-refractivity contribution in [3.63, 3.8) is 0 Å². The third-order valence-corrected chi connectivity index (χ3v) is 6.39. The quantitative estimate of drug-likeness (QED) is 0.305. The van der Waals surface area contributed by atoms with E-state index >= 15 is 0 Å². The predicted molar refractivity (Wildman–Crippen MR) is 134 cm³/mol. The largest absolute Gasteiger partial charge is 0.368 e. The zero-order chi connectivity index (χ0) is 23.9. The molecule has 0 bridgehead atoms. The summed E-state index contributed by atoms with van der Waals surface area (Å²) in [5.74, 6) is 0.942. The van der Waals surface area contributed by atoms with Crippen LogP contribution in [0.15, 0.2) is 71.7 Å². The lowest BCUT2D eigenvalue weighted by molar-refractivity contribution is -0.384. The first-order valence-electron chi connectivity index (χ1n) is 11.3. The Balaban J connectivity index is 1.26. The molecule has 10 nitrogen and oxygen atoms in total. The lowest BCUT2D eigenvalue weighted by Crippen LogP contribution is -2.47. The maximum absolute atomic E-state index is 12.7. The normalized spacial score (nSPS) is 14.1. The Labute approximate surface area is 199 Å². The first-order chi connectivity index (χ1) is 17.1. The Morgan fingerprint density at radius 3 is 2.54 bits per heavy atom. The van der Waals surface area contributed by atoms with E-state index in [1.165, 1.54) is 6.07 Å². The van der Waals surface area contributed by atoms with Crippen LogP contribution in [-0.4, -0.2) is 51.0 Å². The van der Waals surface area contributed by atoms with E-state index in [9.17, 15) is 14.9 Å². The maximum atomic E-state index is 12.7. The van der Waals surface area contributed by atoms with Crippen molar-refractivity contribution in [1.29, 1.82) is 0 Å². The molecule has 2 aromatic heterocycles. The molecule has 6 rings (SSSR count). The molecule has 4 heterocycles. The fourth-order valence-electron chi connectivity index (χ4n) is 4.68. The Kier molecular flexibility index (Phi) is 4.91. The van der Waals surface area contributed by atoms with Crippen LogP contribution in [0.1, 0.15) is 0 Å². The fourth-order valence-corrected chi connectivity index (χ4v) is 4.68. The Morgan fingerprint density at radius 1 is 0.914 bits per heavy atom. The third-order valence-electron chi connectivity index (χ3n) is 6.39. The van der Waals surface area contributed by atoms with Crippen molar-refractivity contribution in [3.8, 4) is 22.6 Å². The fraction of sp³-hybridized carbons (Fsp3) is 0.160. The number of fused-ring (bicyclic) bond motifs is 2. The average Bonchev–Trinajstić information content (AvgIpc) is 3.35. The molecule has 1 aliphatic carbocycles. The van der Waals surface area contributed by atoms with Crippen LogP contribution in [0.5, 0.6) is 0 Å². The Morgan fingerprint density at radius 2 is 1.71 bits per heavy atom. The molecular formula is C25H21N7O3.